The zero-order valence-corrected chi connectivity index (χ0v) is 24.6. The number of anilines is 1. The Balaban J connectivity index is 1.38. The fourth-order valence-electron chi connectivity index (χ4n) is 4.85. The number of ketones is 1. The number of rotatable bonds is 7. The number of Topliss-reactive ketones (excluding diaryl/α,β-unsaturated/α-hetero) is 1. The minimum absolute atomic E-state index is 0.0158. The van der Waals surface area contributed by atoms with Crippen LogP contribution in [0.1, 0.15) is 54.1 Å². The summed E-state index contributed by atoms with van der Waals surface area (Å²) in [6, 6.07) is 21.9. The van der Waals surface area contributed by atoms with Crippen molar-refractivity contribution in [2.24, 2.45) is 0 Å². The molecule has 0 saturated heterocycles. The van der Waals surface area contributed by atoms with Crippen molar-refractivity contribution in [3.63, 3.8) is 0 Å². The van der Waals surface area contributed by atoms with Gasteiger partial charge in [0.05, 0.1) is 11.6 Å². The van der Waals surface area contributed by atoms with Crippen molar-refractivity contribution < 1.29 is 23.5 Å². The second kappa shape index (κ2) is 10.8. The minimum Gasteiger partial charge on any atom is -0.503 e. The Morgan fingerprint density at radius 2 is 1.76 bits per heavy atom. The number of nitrogens with zero attached hydrogens (tertiary/aromatic N) is 3. The molecule has 7 nitrogen and oxygen atoms in total. The number of hydrogen-bond acceptors (Lipinski definition) is 8. The number of aromatic nitrogens is 2. The Kier molecular flexibility index (Phi) is 7.20. The average Bonchev–Trinajstić information content (AvgIpc) is 3.68. The molecule has 5 aromatic rings. The third-order valence-corrected chi connectivity index (χ3v) is 9.21. The molecule has 0 saturated carbocycles. The Hall–Kier alpha value is -4.28. The van der Waals surface area contributed by atoms with Gasteiger partial charge in [-0.1, -0.05) is 105 Å². The molecule has 0 bridgehead atoms. The van der Waals surface area contributed by atoms with Crippen molar-refractivity contribution in [2.75, 3.05) is 4.90 Å². The van der Waals surface area contributed by atoms with E-state index in [0.717, 1.165) is 22.3 Å². The van der Waals surface area contributed by atoms with Gasteiger partial charge in [0.1, 0.15) is 11.4 Å². The summed E-state index contributed by atoms with van der Waals surface area (Å²) in [5.41, 5.74) is 2.52. The lowest BCUT2D eigenvalue weighted by molar-refractivity contribution is -0.117. The van der Waals surface area contributed by atoms with Crippen LogP contribution in [-0.2, 0) is 16.0 Å². The molecule has 1 atom stereocenters. The monoisotopic (exact) mass is 599 g/mol. The summed E-state index contributed by atoms with van der Waals surface area (Å²) in [5, 5.41) is 20.5. The highest BCUT2D eigenvalue weighted by molar-refractivity contribution is 8.00. The van der Waals surface area contributed by atoms with Crippen LogP contribution in [-0.4, -0.2) is 27.0 Å². The van der Waals surface area contributed by atoms with E-state index >= 15 is 0 Å². The second-order valence-electron chi connectivity index (χ2n) is 10.9. The van der Waals surface area contributed by atoms with Crippen LogP contribution in [0.5, 0.6) is 0 Å². The summed E-state index contributed by atoms with van der Waals surface area (Å²) in [6.45, 7) is 6.28. The molecule has 0 fully saturated rings. The Bertz CT molecular complexity index is 1820. The molecule has 1 aliphatic heterocycles. The van der Waals surface area contributed by atoms with Gasteiger partial charge < -0.3 is 9.52 Å². The van der Waals surface area contributed by atoms with E-state index in [-0.39, 0.29) is 27.7 Å². The first kappa shape index (κ1) is 27.9. The zero-order chi connectivity index (χ0) is 29.6. The first-order valence-electron chi connectivity index (χ1n) is 13.2. The smallest absolute Gasteiger partial charge is 0.296 e. The van der Waals surface area contributed by atoms with Crippen LogP contribution < -0.4 is 4.90 Å². The lowest BCUT2D eigenvalue weighted by atomic mass is 9.85. The standard InChI is InChI=1S/C32H26FN3O4S2/c1-32(2,3)21-14-12-18(13-15-21)26-25(27(37)24-16-19-8-5-7-11-23(19)40-24)28(38)29(39)36(26)30-34-35-31(42-30)41-17-20-9-4-6-10-22(20)33/h4-16,26,38H,17H2,1-3H3. The molecular formula is C32H26FN3O4S2. The first-order chi connectivity index (χ1) is 20.1. The van der Waals surface area contributed by atoms with Crippen LogP contribution in [0.25, 0.3) is 11.0 Å². The molecule has 1 N–H and O–H groups in total. The molecule has 212 valence electrons. The number of furan rings is 1. The van der Waals surface area contributed by atoms with E-state index in [1.165, 1.54) is 22.7 Å². The highest BCUT2D eigenvalue weighted by Gasteiger charge is 2.47. The van der Waals surface area contributed by atoms with Gasteiger partial charge in [-0.05, 0) is 40.3 Å². The molecule has 10 heteroatoms. The number of aliphatic hydroxyl groups excluding tert-OH is 1. The fraction of sp³-hybridized carbons (Fsp3) is 0.188. The van der Waals surface area contributed by atoms with E-state index in [1.54, 1.807) is 36.4 Å². The van der Waals surface area contributed by atoms with Crippen molar-refractivity contribution >= 4 is 50.9 Å². The van der Waals surface area contributed by atoms with Crippen LogP contribution in [0.4, 0.5) is 9.52 Å². The van der Waals surface area contributed by atoms with E-state index in [2.05, 4.69) is 31.0 Å². The molecule has 6 rings (SSSR count). The maximum absolute atomic E-state index is 14.1. The molecular weight excluding hydrogens is 574 g/mol. The molecule has 1 amide bonds. The molecule has 3 aromatic carbocycles. The van der Waals surface area contributed by atoms with Gasteiger partial charge >= 0.3 is 0 Å². The summed E-state index contributed by atoms with van der Waals surface area (Å²) in [6.07, 6.45) is 0. The van der Waals surface area contributed by atoms with Crippen molar-refractivity contribution in [1.29, 1.82) is 0 Å². The third-order valence-electron chi connectivity index (χ3n) is 7.11. The number of benzene rings is 3. The second-order valence-corrected chi connectivity index (χ2v) is 13.1. The number of thioether (sulfide) groups is 1. The van der Waals surface area contributed by atoms with Crippen molar-refractivity contribution in [2.45, 2.75) is 42.3 Å². The maximum Gasteiger partial charge on any atom is 0.296 e. The van der Waals surface area contributed by atoms with Gasteiger partial charge in [0.2, 0.25) is 10.9 Å². The van der Waals surface area contributed by atoms with Gasteiger partial charge in [-0.3, -0.25) is 14.5 Å². The van der Waals surface area contributed by atoms with Crippen LogP contribution >= 0.6 is 23.1 Å². The Labute approximate surface area is 249 Å². The first-order valence-corrected chi connectivity index (χ1v) is 15.0. The van der Waals surface area contributed by atoms with Gasteiger partial charge in [0.15, 0.2) is 15.9 Å². The molecule has 3 heterocycles. The van der Waals surface area contributed by atoms with Gasteiger partial charge in [0, 0.05) is 11.1 Å². The van der Waals surface area contributed by atoms with Crippen LogP contribution in [0.15, 0.2) is 99.0 Å². The topological polar surface area (TPSA) is 96.5 Å². The molecule has 2 aromatic heterocycles. The number of carbonyl (C=O) groups excluding carboxylic acids is 2. The van der Waals surface area contributed by atoms with E-state index in [4.69, 9.17) is 4.42 Å². The van der Waals surface area contributed by atoms with Crippen molar-refractivity contribution in [3.05, 3.63) is 118 Å². The average molecular weight is 600 g/mol. The number of para-hydroxylation sites is 1. The van der Waals surface area contributed by atoms with Gasteiger partial charge in [-0.15, -0.1) is 10.2 Å². The Morgan fingerprint density at radius 3 is 2.48 bits per heavy atom. The van der Waals surface area contributed by atoms with E-state index < -0.39 is 23.5 Å². The zero-order valence-electron chi connectivity index (χ0n) is 23.0. The predicted molar refractivity (Wildman–Crippen MR) is 161 cm³/mol. The molecule has 1 unspecified atom stereocenters. The molecule has 1 aliphatic rings. The van der Waals surface area contributed by atoms with E-state index in [0.29, 0.717) is 26.8 Å². The minimum atomic E-state index is -0.968. The number of hydrogen-bond donors (Lipinski definition) is 1. The van der Waals surface area contributed by atoms with Gasteiger partial charge in [0.25, 0.3) is 5.91 Å². The van der Waals surface area contributed by atoms with Crippen molar-refractivity contribution in [3.8, 4) is 0 Å². The predicted octanol–water partition coefficient (Wildman–Crippen LogP) is 7.80. The van der Waals surface area contributed by atoms with Crippen molar-refractivity contribution in [1.82, 2.24) is 10.2 Å². The van der Waals surface area contributed by atoms with E-state index in [1.807, 2.05) is 36.4 Å². The largest absolute Gasteiger partial charge is 0.503 e. The number of carbonyl (C=O) groups is 2. The van der Waals surface area contributed by atoms with E-state index in [9.17, 15) is 19.1 Å². The highest BCUT2D eigenvalue weighted by atomic mass is 32.2. The summed E-state index contributed by atoms with van der Waals surface area (Å²) in [4.78, 5) is 28.8. The molecule has 42 heavy (non-hydrogen) atoms. The summed E-state index contributed by atoms with van der Waals surface area (Å²) >= 11 is 2.42. The normalized spacial score (nSPS) is 15.7. The number of halogens is 1. The van der Waals surface area contributed by atoms with Gasteiger partial charge in [-0.2, -0.15) is 0 Å². The Morgan fingerprint density at radius 1 is 1.05 bits per heavy atom. The maximum atomic E-state index is 14.1. The third kappa shape index (κ3) is 5.12. The summed E-state index contributed by atoms with van der Waals surface area (Å²) < 4.78 is 20.5. The number of amides is 1. The molecule has 0 spiro atoms. The van der Waals surface area contributed by atoms with Crippen LogP contribution in [0.3, 0.4) is 0 Å². The summed E-state index contributed by atoms with van der Waals surface area (Å²) in [5.74, 6) is -2.00. The van der Waals surface area contributed by atoms with Crippen LogP contribution in [0.2, 0.25) is 0 Å². The van der Waals surface area contributed by atoms with Gasteiger partial charge in [-0.25, -0.2) is 4.39 Å². The quantitative estimate of drug-likeness (QED) is 0.116. The number of fused-ring (bicyclic) bond motifs is 1. The molecule has 0 radical (unpaired) electrons. The lowest BCUT2D eigenvalue weighted by Crippen LogP contribution is -2.31. The van der Waals surface area contributed by atoms with Crippen LogP contribution in [0, 0.1) is 5.82 Å². The summed E-state index contributed by atoms with van der Waals surface area (Å²) in [7, 11) is 0. The fourth-order valence-corrected chi connectivity index (χ4v) is 6.71. The SMILES string of the molecule is CC(C)(C)c1ccc(C2C(C(=O)c3cc4ccccc4o3)=C(O)C(=O)N2c2nnc(SCc3ccccc3F)s2)cc1. The lowest BCUT2D eigenvalue weighted by Gasteiger charge is -2.25. The molecule has 0 aliphatic carbocycles. The number of aliphatic hydroxyl groups is 1. The highest BCUT2D eigenvalue weighted by Crippen LogP contribution is 2.44.